The molecule has 0 aliphatic rings. The highest BCUT2D eigenvalue weighted by atomic mass is 79.9. The smallest absolute Gasteiger partial charge is 0.267 e. The Morgan fingerprint density at radius 3 is 2.63 bits per heavy atom. The summed E-state index contributed by atoms with van der Waals surface area (Å²) >= 11 is 9.43. The van der Waals surface area contributed by atoms with Gasteiger partial charge in [-0.25, -0.2) is 5.84 Å². The number of aromatic nitrogens is 1. The summed E-state index contributed by atoms with van der Waals surface area (Å²) in [6.45, 7) is 3.81. The van der Waals surface area contributed by atoms with Crippen molar-refractivity contribution < 1.29 is 4.79 Å². The van der Waals surface area contributed by atoms with Crippen LogP contribution in [0.2, 0.25) is 5.02 Å². The molecule has 3 N–H and O–H groups in total. The van der Waals surface area contributed by atoms with E-state index < -0.39 is 0 Å². The van der Waals surface area contributed by atoms with Crippen LogP contribution in [0.5, 0.6) is 0 Å². The van der Waals surface area contributed by atoms with Crippen molar-refractivity contribution >= 4 is 33.4 Å². The predicted molar refractivity (Wildman–Crippen MR) is 79.6 cm³/mol. The second-order valence-electron chi connectivity index (χ2n) is 4.19. The van der Waals surface area contributed by atoms with Crippen LogP contribution in [0.3, 0.4) is 0 Å². The van der Waals surface area contributed by atoms with E-state index in [2.05, 4.69) is 21.4 Å². The number of nitrogens with one attached hydrogen (secondary N) is 1. The van der Waals surface area contributed by atoms with Crippen LogP contribution in [0, 0.1) is 13.8 Å². The number of nitrogen functional groups attached to an aromatic ring is 1. The lowest BCUT2D eigenvalue weighted by atomic mass is 10.2. The summed E-state index contributed by atoms with van der Waals surface area (Å²) in [7, 11) is 0. The molecule has 1 aromatic carbocycles. The standard InChI is InChI=1S/C13H13BrClN3O/c1-7-5-10(13(19)17-16)8(2)18(7)12-4-3-9(15)6-11(12)14/h3-6H,16H2,1-2H3,(H,17,19). The number of hydrogen-bond acceptors (Lipinski definition) is 2. The molecule has 4 nitrogen and oxygen atoms in total. The van der Waals surface area contributed by atoms with E-state index in [-0.39, 0.29) is 5.91 Å². The van der Waals surface area contributed by atoms with Crippen LogP contribution >= 0.6 is 27.5 Å². The molecule has 0 spiro atoms. The molecule has 1 aromatic heterocycles. The third-order valence-corrected chi connectivity index (χ3v) is 3.83. The van der Waals surface area contributed by atoms with E-state index in [9.17, 15) is 4.79 Å². The van der Waals surface area contributed by atoms with Gasteiger partial charge in [0.15, 0.2) is 0 Å². The molecule has 0 fully saturated rings. The summed E-state index contributed by atoms with van der Waals surface area (Å²) in [5.41, 5.74) is 5.40. The molecule has 2 aromatic rings. The van der Waals surface area contributed by atoms with Crippen molar-refractivity contribution in [3.8, 4) is 5.69 Å². The molecule has 1 amide bonds. The highest BCUT2D eigenvalue weighted by Crippen LogP contribution is 2.29. The van der Waals surface area contributed by atoms with Crippen molar-refractivity contribution in [3.05, 3.63) is 50.7 Å². The number of nitrogens with zero attached hydrogens (tertiary/aromatic N) is 1. The SMILES string of the molecule is Cc1cc(C(=O)NN)c(C)n1-c1ccc(Cl)cc1Br. The lowest BCUT2D eigenvalue weighted by Crippen LogP contribution is -2.30. The molecule has 2 rings (SSSR count). The first-order chi connectivity index (χ1) is 8.95. The Labute approximate surface area is 124 Å². The van der Waals surface area contributed by atoms with Gasteiger partial charge in [0, 0.05) is 20.9 Å². The Hall–Kier alpha value is -1.30. The van der Waals surface area contributed by atoms with Gasteiger partial charge in [0.2, 0.25) is 0 Å². The summed E-state index contributed by atoms with van der Waals surface area (Å²) in [5, 5.41) is 0.651. The Morgan fingerprint density at radius 2 is 2.05 bits per heavy atom. The fourth-order valence-corrected chi connectivity index (χ4v) is 2.96. The third-order valence-electron chi connectivity index (χ3n) is 2.96. The Balaban J connectivity index is 2.63. The maximum absolute atomic E-state index is 11.7. The van der Waals surface area contributed by atoms with E-state index in [1.807, 2.05) is 36.6 Å². The van der Waals surface area contributed by atoms with Gasteiger partial charge in [-0.3, -0.25) is 10.2 Å². The van der Waals surface area contributed by atoms with Gasteiger partial charge >= 0.3 is 0 Å². The van der Waals surface area contributed by atoms with Gasteiger partial charge in [-0.1, -0.05) is 11.6 Å². The van der Waals surface area contributed by atoms with Gasteiger partial charge in [0.05, 0.1) is 11.3 Å². The molecule has 1 heterocycles. The second kappa shape index (κ2) is 5.36. The largest absolute Gasteiger partial charge is 0.317 e. The van der Waals surface area contributed by atoms with Crippen LogP contribution < -0.4 is 11.3 Å². The number of halogens is 2. The summed E-state index contributed by atoms with van der Waals surface area (Å²) < 4.78 is 2.84. The maximum Gasteiger partial charge on any atom is 0.267 e. The fraction of sp³-hybridized carbons (Fsp3) is 0.154. The number of rotatable bonds is 2. The highest BCUT2D eigenvalue weighted by molar-refractivity contribution is 9.10. The van der Waals surface area contributed by atoms with E-state index in [1.165, 1.54) is 0 Å². The molecule has 0 bridgehead atoms. The first kappa shape index (κ1) is 14.1. The Bertz CT molecular complexity index is 652. The van der Waals surface area contributed by atoms with Crippen molar-refractivity contribution in [2.24, 2.45) is 5.84 Å². The average Bonchev–Trinajstić information content (AvgIpc) is 2.65. The minimum atomic E-state index is -0.301. The lowest BCUT2D eigenvalue weighted by Gasteiger charge is -2.12. The molecule has 0 saturated heterocycles. The number of benzene rings is 1. The first-order valence-electron chi connectivity index (χ1n) is 5.61. The minimum Gasteiger partial charge on any atom is -0.317 e. The summed E-state index contributed by atoms with van der Waals surface area (Å²) in [6, 6.07) is 7.33. The predicted octanol–water partition coefficient (Wildman–Crippen LogP) is 3.11. The van der Waals surface area contributed by atoms with Crippen LogP contribution in [0.25, 0.3) is 5.69 Å². The van der Waals surface area contributed by atoms with Gasteiger partial charge in [-0.05, 0) is 54.0 Å². The van der Waals surface area contributed by atoms with Crippen molar-refractivity contribution in [3.63, 3.8) is 0 Å². The van der Waals surface area contributed by atoms with Gasteiger partial charge in [0.1, 0.15) is 0 Å². The molecule has 19 heavy (non-hydrogen) atoms. The number of nitrogens with two attached hydrogens (primary N) is 1. The van der Waals surface area contributed by atoms with Crippen LogP contribution in [0.4, 0.5) is 0 Å². The Morgan fingerprint density at radius 1 is 1.37 bits per heavy atom. The number of carbonyl (C=O) groups is 1. The quantitative estimate of drug-likeness (QED) is 0.500. The number of hydrogen-bond donors (Lipinski definition) is 2. The van der Waals surface area contributed by atoms with Crippen molar-refractivity contribution in [2.75, 3.05) is 0 Å². The van der Waals surface area contributed by atoms with E-state index in [0.29, 0.717) is 10.6 Å². The zero-order valence-corrected chi connectivity index (χ0v) is 12.8. The van der Waals surface area contributed by atoms with Gasteiger partial charge in [0.25, 0.3) is 5.91 Å². The van der Waals surface area contributed by atoms with Crippen LogP contribution in [-0.2, 0) is 0 Å². The van der Waals surface area contributed by atoms with E-state index in [0.717, 1.165) is 21.5 Å². The zero-order chi connectivity index (χ0) is 14.2. The summed E-state index contributed by atoms with van der Waals surface area (Å²) in [6.07, 6.45) is 0. The number of amides is 1. The molecule has 0 radical (unpaired) electrons. The van der Waals surface area contributed by atoms with Gasteiger partial charge < -0.3 is 4.57 Å². The second-order valence-corrected chi connectivity index (χ2v) is 5.48. The monoisotopic (exact) mass is 341 g/mol. The van der Waals surface area contributed by atoms with E-state index in [4.69, 9.17) is 17.4 Å². The Kier molecular flexibility index (Phi) is 3.99. The van der Waals surface area contributed by atoms with E-state index in [1.54, 1.807) is 6.07 Å². The van der Waals surface area contributed by atoms with Crippen LogP contribution in [0.1, 0.15) is 21.7 Å². The van der Waals surface area contributed by atoms with Crippen LogP contribution in [-0.4, -0.2) is 10.5 Å². The minimum absolute atomic E-state index is 0.301. The van der Waals surface area contributed by atoms with Gasteiger partial charge in [-0.2, -0.15) is 0 Å². The van der Waals surface area contributed by atoms with Crippen LogP contribution in [0.15, 0.2) is 28.7 Å². The number of aryl methyl sites for hydroxylation is 1. The number of carbonyl (C=O) groups excluding carboxylic acids is 1. The topological polar surface area (TPSA) is 60.1 Å². The maximum atomic E-state index is 11.7. The molecular formula is C13H13BrClN3O. The first-order valence-corrected chi connectivity index (χ1v) is 6.78. The summed E-state index contributed by atoms with van der Waals surface area (Å²) in [5.74, 6) is 4.88. The zero-order valence-electron chi connectivity index (χ0n) is 10.5. The number of hydrazine groups is 1. The van der Waals surface area contributed by atoms with Crippen molar-refractivity contribution in [1.82, 2.24) is 9.99 Å². The molecule has 6 heteroatoms. The summed E-state index contributed by atoms with van der Waals surface area (Å²) in [4.78, 5) is 11.7. The normalized spacial score (nSPS) is 10.6. The highest BCUT2D eigenvalue weighted by Gasteiger charge is 2.17. The molecule has 0 aliphatic carbocycles. The average molecular weight is 343 g/mol. The molecule has 0 aliphatic heterocycles. The molecule has 0 atom stereocenters. The third kappa shape index (κ3) is 2.54. The lowest BCUT2D eigenvalue weighted by molar-refractivity contribution is 0.0953. The molecule has 0 saturated carbocycles. The van der Waals surface area contributed by atoms with Crippen molar-refractivity contribution in [1.29, 1.82) is 0 Å². The molecular weight excluding hydrogens is 330 g/mol. The molecule has 100 valence electrons. The van der Waals surface area contributed by atoms with Gasteiger partial charge in [-0.15, -0.1) is 0 Å². The molecule has 0 unspecified atom stereocenters. The van der Waals surface area contributed by atoms with E-state index >= 15 is 0 Å². The fourth-order valence-electron chi connectivity index (χ4n) is 2.10. The van der Waals surface area contributed by atoms with Crippen molar-refractivity contribution in [2.45, 2.75) is 13.8 Å².